The van der Waals surface area contributed by atoms with Crippen molar-refractivity contribution in [2.75, 3.05) is 33.8 Å². The molecule has 7 nitrogen and oxygen atoms in total. The second-order valence-electron chi connectivity index (χ2n) is 10.1. The molecule has 4 rings (SSSR count). The summed E-state index contributed by atoms with van der Waals surface area (Å²) in [6, 6.07) is 6.35. The van der Waals surface area contributed by atoms with Crippen LogP contribution < -0.4 is 4.72 Å². The van der Waals surface area contributed by atoms with Crippen LogP contribution in [0.25, 0.3) is 0 Å². The van der Waals surface area contributed by atoms with Crippen molar-refractivity contribution in [1.82, 2.24) is 13.9 Å². The zero-order valence-corrected chi connectivity index (χ0v) is 20.7. The third-order valence-corrected chi connectivity index (χ3v) is 8.98. The third-order valence-electron chi connectivity index (χ3n) is 7.41. The summed E-state index contributed by atoms with van der Waals surface area (Å²) in [5.74, 6) is -0.672. The van der Waals surface area contributed by atoms with Gasteiger partial charge in [0.15, 0.2) is 5.67 Å². The molecule has 3 aliphatic rings. The van der Waals surface area contributed by atoms with Gasteiger partial charge in [0, 0.05) is 39.1 Å². The molecular weight excluding hydrogens is 464 g/mol. The average Bonchev–Trinajstić information content (AvgIpc) is 3.56. The van der Waals surface area contributed by atoms with E-state index < -0.39 is 27.8 Å². The van der Waals surface area contributed by atoms with Gasteiger partial charge in [0.05, 0.1) is 12.7 Å². The van der Waals surface area contributed by atoms with Crippen LogP contribution in [0.1, 0.15) is 56.4 Å². The van der Waals surface area contributed by atoms with E-state index in [1.54, 1.807) is 12.1 Å². The number of alkyl halides is 1. The number of ether oxygens (including phenoxy) is 1. The Morgan fingerprint density at radius 2 is 1.91 bits per heavy atom. The number of rotatable bonds is 8. The fourth-order valence-electron chi connectivity index (χ4n) is 5.03. The van der Waals surface area contributed by atoms with E-state index in [4.69, 9.17) is 4.74 Å². The zero-order valence-electron chi connectivity index (χ0n) is 19.9. The summed E-state index contributed by atoms with van der Waals surface area (Å²) in [5, 5.41) is 0. The first-order chi connectivity index (χ1) is 16.1. The number of nitrogens with one attached hydrogen (secondary N) is 1. The Hall–Kier alpha value is -1.62. The molecule has 3 fully saturated rings. The molecule has 10 heteroatoms. The molecule has 1 heterocycles. The zero-order chi connectivity index (χ0) is 24.5. The van der Waals surface area contributed by atoms with E-state index in [0.717, 1.165) is 35.6 Å². The van der Waals surface area contributed by atoms with Gasteiger partial charge >= 0.3 is 0 Å². The van der Waals surface area contributed by atoms with E-state index in [1.165, 1.54) is 25.1 Å². The van der Waals surface area contributed by atoms with Gasteiger partial charge in [0.1, 0.15) is 5.82 Å². The number of hydrogen-bond donors (Lipinski definition) is 1. The highest BCUT2D eigenvalue weighted by Crippen LogP contribution is 2.42. The highest BCUT2D eigenvalue weighted by molar-refractivity contribution is 7.87. The summed E-state index contributed by atoms with van der Waals surface area (Å²) in [6.45, 7) is 0.878. The van der Waals surface area contributed by atoms with Crippen molar-refractivity contribution in [3.63, 3.8) is 0 Å². The van der Waals surface area contributed by atoms with Crippen molar-refractivity contribution in [1.29, 1.82) is 0 Å². The fraction of sp³-hybridized carbons (Fsp3) is 0.708. The number of benzene rings is 1. The van der Waals surface area contributed by atoms with E-state index in [2.05, 4.69) is 4.72 Å². The number of halogens is 2. The van der Waals surface area contributed by atoms with Crippen LogP contribution in [-0.4, -0.2) is 75.1 Å². The highest BCUT2D eigenvalue weighted by atomic mass is 32.2. The molecule has 1 amide bonds. The molecule has 1 unspecified atom stereocenters. The smallest absolute Gasteiger partial charge is 0.279 e. The van der Waals surface area contributed by atoms with Gasteiger partial charge in [-0.15, -0.1) is 0 Å². The molecule has 1 aromatic rings. The van der Waals surface area contributed by atoms with Crippen molar-refractivity contribution in [2.24, 2.45) is 5.92 Å². The summed E-state index contributed by atoms with van der Waals surface area (Å²) in [4.78, 5) is 14.1. The predicted molar refractivity (Wildman–Crippen MR) is 125 cm³/mol. The minimum Gasteiger partial charge on any atom is -0.378 e. The number of carbonyl (C=O) groups excluding carboxylic acids is 1. The van der Waals surface area contributed by atoms with Crippen LogP contribution in [0, 0.1) is 11.7 Å². The van der Waals surface area contributed by atoms with Gasteiger partial charge in [-0.1, -0.05) is 12.1 Å². The molecule has 2 saturated carbocycles. The van der Waals surface area contributed by atoms with E-state index >= 15 is 0 Å². The van der Waals surface area contributed by atoms with Gasteiger partial charge in [-0.05, 0) is 68.6 Å². The molecule has 1 saturated heterocycles. The number of likely N-dealkylation sites (tertiary alicyclic amines) is 1. The Morgan fingerprint density at radius 3 is 2.53 bits per heavy atom. The van der Waals surface area contributed by atoms with Gasteiger partial charge in [-0.3, -0.25) is 4.79 Å². The van der Waals surface area contributed by atoms with E-state index in [1.807, 2.05) is 6.07 Å². The van der Waals surface area contributed by atoms with Crippen molar-refractivity contribution >= 4 is 16.1 Å². The Balaban J connectivity index is 1.35. The molecule has 1 aromatic carbocycles. The van der Waals surface area contributed by atoms with Crippen LogP contribution in [0.3, 0.4) is 0 Å². The summed E-state index contributed by atoms with van der Waals surface area (Å²) >= 11 is 0. The largest absolute Gasteiger partial charge is 0.378 e. The third kappa shape index (κ3) is 5.95. The normalized spacial score (nSPS) is 29.3. The fourth-order valence-corrected chi connectivity index (χ4v) is 5.93. The van der Waals surface area contributed by atoms with E-state index in [0.29, 0.717) is 25.5 Å². The van der Waals surface area contributed by atoms with E-state index in [-0.39, 0.29) is 37.2 Å². The second kappa shape index (κ2) is 10.2. The van der Waals surface area contributed by atoms with Crippen molar-refractivity contribution < 1.29 is 26.7 Å². The average molecular weight is 500 g/mol. The molecule has 2 atom stereocenters. The maximum Gasteiger partial charge on any atom is 0.279 e. The Labute approximate surface area is 201 Å². The standard InChI is InChI=1S/C24H35F2N3O4S/c1-28(2)34(31,32)27-22-10-13-29(23(30)24(26)11-12-24)15-19(22)16-33-21-8-6-17(7-9-21)18-4-3-5-20(25)14-18/h3-5,14,17,19,21-22,27H,6-13,15-16H2,1-2H3/t17-,19-,21+,22?/m0/s1. The van der Waals surface area contributed by atoms with E-state index in [9.17, 15) is 22.0 Å². The SMILES string of the molecule is CN(C)S(=O)(=O)NC1CCN(C(=O)C2(F)CC2)C[C@H]1CO[C@H]1CC[C@@H](c2cccc(F)c2)CC1. The maximum atomic E-state index is 14.4. The van der Waals surface area contributed by atoms with Crippen LogP contribution in [0.4, 0.5) is 8.78 Å². The minimum absolute atomic E-state index is 0.0259. The molecule has 2 aliphatic carbocycles. The van der Waals surface area contributed by atoms with Gasteiger partial charge in [0.2, 0.25) is 0 Å². The quantitative estimate of drug-likeness (QED) is 0.597. The first kappa shape index (κ1) is 25.5. The second-order valence-corrected chi connectivity index (χ2v) is 12.1. The first-order valence-electron chi connectivity index (χ1n) is 12.1. The molecule has 0 aromatic heterocycles. The van der Waals surface area contributed by atoms with Crippen molar-refractivity contribution in [3.05, 3.63) is 35.6 Å². The maximum absolute atomic E-state index is 14.4. The summed E-state index contributed by atoms with van der Waals surface area (Å²) in [5.41, 5.74) is -0.727. The number of amides is 1. The van der Waals surface area contributed by atoms with Gasteiger partial charge in [-0.25, -0.2) is 8.78 Å². The summed E-state index contributed by atoms with van der Waals surface area (Å²) < 4.78 is 62.9. The lowest BCUT2D eigenvalue weighted by atomic mass is 9.82. The molecule has 190 valence electrons. The molecule has 0 radical (unpaired) electrons. The number of hydrogen-bond acceptors (Lipinski definition) is 4. The Morgan fingerprint density at radius 1 is 1.21 bits per heavy atom. The molecule has 34 heavy (non-hydrogen) atoms. The number of piperidine rings is 1. The molecular formula is C24H35F2N3O4S. The predicted octanol–water partition coefficient (Wildman–Crippen LogP) is 2.98. The van der Waals surface area contributed by atoms with Gasteiger partial charge in [-0.2, -0.15) is 17.4 Å². The minimum atomic E-state index is -3.65. The highest BCUT2D eigenvalue weighted by Gasteiger charge is 2.53. The lowest BCUT2D eigenvalue weighted by Gasteiger charge is -2.40. The Kier molecular flexibility index (Phi) is 7.61. The van der Waals surface area contributed by atoms with Crippen LogP contribution in [0.2, 0.25) is 0 Å². The van der Waals surface area contributed by atoms with Crippen molar-refractivity contribution in [2.45, 2.75) is 68.7 Å². The monoisotopic (exact) mass is 499 g/mol. The number of nitrogens with zero attached hydrogens (tertiary/aromatic N) is 2. The lowest BCUT2D eigenvalue weighted by molar-refractivity contribution is -0.141. The Bertz CT molecular complexity index is 978. The topological polar surface area (TPSA) is 79.0 Å². The van der Waals surface area contributed by atoms with Gasteiger partial charge in [0.25, 0.3) is 16.1 Å². The molecule has 1 N–H and O–H groups in total. The van der Waals surface area contributed by atoms with Gasteiger partial charge < -0.3 is 9.64 Å². The molecule has 0 bridgehead atoms. The van der Waals surface area contributed by atoms with Crippen LogP contribution >= 0.6 is 0 Å². The summed E-state index contributed by atoms with van der Waals surface area (Å²) in [6.07, 6.45) is 4.40. The molecule has 0 spiro atoms. The summed E-state index contributed by atoms with van der Waals surface area (Å²) in [7, 11) is -0.726. The van der Waals surface area contributed by atoms with Crippen LogP contribution in [0.15, 0.2) is 24.3 Å². The molecule has 1 aliphatic heterocycles. The van der Waals surface area contributed by atoms with Crippen LogP contribution in [0.5, 0.6) is 0 Å². The van der Waals surface area contributed by atoms with Crippen molar-refractivity contribution in [3.8, 4) is 0 Å². The first-order valence-corrected chi connectivity index (χ1v) is 13.6. The lowest BCUT2D eigenvalue weighted by Crippen LogP contribution is -2.56. The number of carbonyl (C=O) groups is 1. The van der Waals surface area contributed by atoms with Crippen LogP contribution in [-0.2, 0) is 19.7 Å².